The largest absolute Gasteiger partial charge is 0.309 e. The number of rotatable bonds is 4. The van der Waals surface area contributed by atoms with Crippen molar-refractivity contribution in [1.82, 2.24) is 10.0 Å². The van der Waals surface area contributed by atoms with E-state index >= 15 is 0 Å². The minimum absolute atomic E-state index is 0.277. The molecule has 0 bridgehead atoms. The zero-order chi connectivity index (χ0) is 13.2. The van der Waals surface area contributed by atoms with Crippen LogP contribution < -0.4 is 10.0 Å². The van der Waals surface area contributed by atoms with Gasteiger partial charge in [0, 0.05) is 13.1 Å². The first-order chi connectivity index (χ1) is 8.56. The van der Waals surface area contributed by atoms with Crippen LogP contribution in [0, 0.1) is 12.3 Å². The molecule has 2 rings (SSSR count). The zero-order valence-electron chi connectivity index (χ0n) is 10.2. The number of hydrogen-bond donors (Lipinski definition) is 2. The van der Waals surface area contributed by atoms with Crippen molar-refractivity contribution in [2.24, 2.45) is 0 Å². The number of nitrogens with one attached hydrogen (secondary N) is 2. The summed E-state index contributed by atoms with van der Waals surface area (Å²) >= 11 is 0. The predicted molar refractivity (Wildman–Crippen MR) is 70.2 cm³/mol. The number of hydrogen-bond acceptors (Lipinski definition) is 3. The molecule has 1 heterocycles. The van der Waals surface area contributed by atoms with Gasteiger partial charge in [-0.05, 0) is 29.7 Å². The minimum Gasteiger partial charge on any atom is -0.309 e. The molecular weight excluding hydrogens is 248 g/mol. The second kappa shape index (κ2) is 5.11. The van der Waals surface area contributed by atoms with Crippen molar-refractivity contribution in [2.45, 2.75) is 37.4 Å². The van der Waals surface area contributed by atoms with E-state index in [0.29, 0.717) is 13.0 Å². The molecule has 1 aromatic carbocycles. The third kappa shape index (κ3) is 2.56. The Morgan fingerprint density at radius 3 is 2.83 bits per heavy atom. The molecule has 0 radical (unpaired) electrons. The maximum Gasteiger partial charge on any atom is 0.241 e. The molecule has 0 aromatic heterocycles. The normalized spacial score (nSPS) is 16.0. The summed E-state index contributed by atoms with van der Waals surface area (Å²) < 4.78 is 26.8. The maximum atomic E-state index is 12.1. The molecular formula is C13H16N2O2S. The average molecular weight is 264 g/mol. The van der Waals surface area contributed by atoms with Crippen molar-refractivity contribution in [1.29, 1.82) is 0 Å². The Hall–Kier alpha value is -1.35. The molecule has 2 N–H and O–H groups in total. The Morgan fingerprint density at radius 1 is 1.44 bits per heavy atom. The lowest BCUT2D eigenvalue weighted by Gasteiger charge is -2.12. The molecule has 4 nitrogen and oxygen atoms in total. The predicted octanol–water partition coefficient (Wildman–Crippen LogP) is 0.980. The van der Waals surface area contributed by atoms with E-state index in [4.69, 9.17) is 6.42 Å². The molecule has 18 heavy (non-hydrogen) atoms. The van der Waals surface area contributed by atoms with E-state index < -0.39 is 16.1 Å². The van der Waals surface area contributed by atoms with E-state index in [1.54, 1.807) is 12.1 Å². The molecule has 1 aliphatic rings. The van der Waals surface area contributed by atoms with Gasteiger partial charge in [-0.15, -0.1) is 6.42 Å². The second-order valence-electron chi connectivity index (χ2n) is 4.28. The fourth-order valence-corrected chi connectivity index (χ4v) is 3.22. The molecule has 1 aromatic rings. The second-order valence-corrected chi connectivity index (χ2v) is 6.00. The van der Waals surface area contributed by atoms with E-state index in [-0.39, 0.29) is 4.90 Å². The SMILES string of the molecule is C#CC(CC)NS(=O)(=O)c1ccc2c(c1)CNC2. The molecule has 1 unspecified atom stereocenters. The molecule has 1 atom stereocenters. The lowest BCUT2D eigenvalue weighted by Crippen LogP contribution is -2.33. The topological polar surface area (TPSA) is 58.2 Å². The molecule has 0 spiro atoms. The monoisotopic (exact) mass is 264 g/mol. The molecule has 5 heteroatoms. The van der Waals surface area contributed by atoms with E-state index in [1.807, 2.05) is 13.0 Å². The van der Waals surface area contributed by atoms with Crippen molar-refractivity contribution >= 4 is 10.0 Å². The van der Waals surface area contributed by atoms with Gasteiger partial charge in [-0.25, -0.2) is 8.42 Å². The van der Waals surface area contributed by atoms with Crippen LogP contribution in [0.1, 0.15) is 24.5 Å². The maximum absolute atomic E-state index is 12.1. The summed E-state index contributed by atoms with van der Waals surface area (Å²) in [5.41, 5.74) is 2.18. The number of benzene rings is 1. The summed E-state index contributed by atoms with van der Waals surface area (Å²) in [5.74, 6) is 2.43. The van der Waals surface area contributed by atoms with Crippen LogP contribution in [0.2, 0.25) is 0 Å². The molecule has 0 saturated heterocycles. The Kier molecular flexibility index (Phi) is 3.71. The third-order valence-corrected chi connectivity index (χ3v) is 4.50. The van der Waals surface area contributed by atoms with Crippen LogP contribution in [0.4, 0.5) is 0 Å². The molecule has 1 aliphatic heterocycles. The standard InChI is InChI=1S/C13H16N2O2S/c1-3-12(4-2)15-18(16,17)13-6-5-10-8-14-9-11(10)7-13/h1,5-7,12,14-15H,4,8-9H2,2H3. The first-order valence-electron chi connectivity index (χ1n) is 5.88. The van der Waals surface area contributed by atoms with Crippen LogP contribution in [0.3, 0.4) is 0 Å². The first kappa shape index (κ1) is 13.1. The number of terminal acetylenes is 1. The van der Waals surface area contributed by atoms with Gasteiger partial charge in [-0.1, -0.05) is 18.9 Å². The summed E-state index contributed by atoms with van der Waals surface area (Å²) in [6, 6.07) is 4.72. The highest BCUT2D eigenvalue weighted by molar-refractivity contribution is 7.89. The van der Waals surface area contributed by atoms with Crippen molar-refractivity contribution in [2.75, 3.05) is 0 Å². The van der Waals surface area contributed by atoms with Crippen LogP contribution in [-0.2, 0) is 23.1 Å². The van der Waals surface area contributed by atoms with Gasteiger partial charge in [0.25, 0.3) is 0 Å². The van der Waals surface area contributed by atoms with Gasteiger partial charge in [-0.3, -0.25) is 0 Å². The highest BCUT2D eigenvalue weighted by Gasteiger charge is 2.20. The van der Waals surface area contributed by atoms with Crippen LogP contribution in [0.25, 0.3) is 0 Å². The van der Waals surface area contributed by atoms with Gasteiger partial charge in [0.2, 0.25) is 10.0 Å². The summed E-state index contributed by atoms with van der Waals surface area (Å²) in [7, 11) is -3.53. The van der Waals surface area contributed by atoms with Gasteiger partial charge >= 0.3 is 0 Å². The Morgan fingerprint density at radius 2 is 2.17 bits per heavy atom. The molecule has 0 aliphatic carbocycles. The van der Waals surface area contributed by atoms with Crippen LogP contribution in [0.5, 0.6) is 0 Å². The fourth-order valence-electron chi connectivity index (χ4n) is 1.93. The van der Waals surface area contributed by atoms with Crippen molar-refractivity contribution in [3.8, 4) is 12.3 Å². The van der Waals surface area contributed by atoms with Gasteiger partial charge in [0.05, 0.1) is 10.9 Å². The average Bonchev–Trinajstić information content (AvgIpc) is 2.83. The summed E-state index contributed by atoms with van der Waals surface area (Å²) in [6.45, 7) is 3.36. The van der Waals surface area contributed by atoms with E-state index in [2.05, 4.69) is 16.0 Å². The fraction of sp³-hybridized carbons (Fsp3) is 0.385. The summed E-state index contributed by atoms with van der Waals surface area (Å²) in [4.78, 5) is 0.277. The van der Waals surface area contributed by atoms with Crippen LogP contribution in [0.15, 0.2) is 23.1 Å². The Balaban J connectivity index is 2.28. The molecule has 0 saturated carbocycles. The van der Waals surface area contributed by atoms with Crippen molar-refractivity contribution in [3.63, 3.8) is 0 Å². The van der Waals surface area contributed by atoms with Gasteiger partial charge in [0.15, 0.2) is 0 Å². The van der Waals surface area contributed by atoms with E-state index in [0.717, 1.165) is 17.7 Å². The smallest absolute Gasteiger partial charge is 0.241 e. The van der Waals surface area contributed by atoms with E-state index in [1.165, 1.54) is 0 Å². The Labute approximate surface area is 108 Å². The molecule has 96 valence electrons. The van der Waals surface area contributed by atoms with Crippen molar-refractivity contribution < 1.29 is 8.42 Å². The van der Waals surface area contributed by atoms with E-state index in [9.17, 15) is 8.42 Å². The zero-order valence-corrected chi connectivity index (χ0v) is 11.0. The van der Waals surface area contributed by atoms with Crippen molar-refractivity contribution in [3.05, 3.63) is 29.3 Å². The quantitative estimate of drug-likeness (QED) is 0.797. The first-order valence-corrected chi connectivity index (χ1v) is 7.36. The van der Waals surface area contributed by atoms with Gasteiger partial charge in [0.1, 0.15) is 0 Å². The number of fused-ring (bicyclic) bond motifs is 1. The highest BCUT2D eigenvalue weighted by atomic mass is 32.2. The lowest BCUT2D eigenvalue weighted by atomic mass is 10.1. The van der Waals surface area contributed by atoms with Gasteiger partial charge in [-0.2, -0.15) is 4.72 Å². The van der Waals surface area contributed by atoms with Gasteiger partial charge < -0.3 is 5.32 Å². The molecule has 0 fully saturated rings. The third-order valence-electron chi connectivity index (χ3n) is 3.03. The molecule has 0 amide bonds. The lowest BCUT2D eigenvalue weighted by molar-refractivity contribution is 0.570. The van der Waals surface area contributed by atoms with Crippen LogP contribution in [-0.4, -0.2) is 14.5 Å². The summed E-state index contributed by atoms with van der Waals surface area (Å²) in [6.07, 6.45) is 5.84. The highest BCUT2D eigenvalue weighted by Crippen LogP contribution is 2.20. The number of sulfonamides is 1. The Bertz CT molecular complexity index is 587. The minimum atomic E-state index is -3.53. The van der Waals surface area contributed by atoms with Crippen LogP contribution >= 0.6 is 0 Å². The summed E-state index contributed by atoms with van der Waals surface area (Å²) in [5, 5.41) is 3.18.